The molecule has 0 saturated heterocycles. The number of benzene rings is 2. The van der Waals surface area contributed by atoms with Gasteiger partial charge >= 0.3 is 0 Å². The Labute approximate surface area is 147 Å². The molecular weight excluding hydrogens is 334 g/mol. The summed E-state index contributed by atoms with van der Waals surface area (Å²) in [6, 6.07) is 14.2. The Morgan fingerprint density at radius 1 is 1.15 bits per heavy atom. The van der Waals surface area contributed by atoms with Gasteiger partial charge in [0, 0.05) is 18.5 Å². The maximum absolute atomic E-state index is 11.0. The van der Waals surface area contributed by atoms with Crippen LogP contribution in [0.25, 0.3) is 22.1 Å². The average molecular weight is 347 g/mol. The third kappa shape index (κ3) is 2.61. The number of nitrogens with zero attached hydrogens (tertiary/aromatic N) is 6. The zero-order valence-electron chi connectivity index (χ0n) is 13.7. The van der Waals surface area contributed by atoms with Crippen LogP contribution in [0.5, 0.6) is 0 Å². The average Bonchev–Trinajstić information content (AvgIpc) is 2.95. The number of hydrogen-bond acceptors (Lipinski definition) is 7. The van der Waals surface area contributed by atoms with E-state index in [4.69, 9.17) is 0 Å². The molecule has 9 nitrogen and oxygen atoms in total. The molecule has 1 N–H and O–H groups in total. The lowest BCUT2D eigenvalue weighted by Gasteiger charge is -2.00. The predicted molar refractivity (Wildman–Crippen MR) is 98.1 cm³/mol. The van der Waals surface area contributed by atoms with E-state index in [-0.39, 0.29) is 11.6 Å². The number of hydrogen-bond donors (Lipinski definition) is 1. The summed E-state index contributed by atoms with van der Waals surface area (Å²) in [4.78, 5) is 15.0. The molecule has 2 aromatic carbocycles. The Balaban J connectivity index is 1.65. The van der Waals surface area contributed by atoms with Gasteiger partial charge < -0.3 is 4.57 Å². The Morgan fingerprint density at radius 3 is 2.77 bits per heavy atom. The fourth-order valence-electron chi connectivity index (χ4n) is 2.78. The highest BCUT2D eigenvalue weighted by atomic mass is 16.6. The molecule has 0 radical (unpaired) electrons. The van der Waals surface area contributed by atoms with Crippen molar-refractivity contribution in [1.82, 2.24) is 19.7 Å². The molecule has 0 spiro atoms. The van der Waals surface area contributed by atoms with Crippen LogP contribution < -0.4 is 5.43 Å². The molecule has 9 heteroatoms. The van der Waals surface area contributed by atoms with Gasteiger partial charge in [-0.3, -0.25) is 10.1 Å². The molecule has 0 atom stereocenters. The molecular formula is C17H13N7O2. The molecule has 0 amide bonds. The van der Waals surface area contributed by atoms with Gasteiger partial charge in [0.25, 0.3) is 11.6 Å². The number of para-hydroxylation sites is 2. The van der Waals surface area contributed by atoms with Crippen molar-refractivity contribution in [2.75, 3.05) is 5.43 Å². The van der Waals surface area contributed by atoms with Crippen molar-refractivity contribution in [2.24, 2.45) is 12.1 Å². The van der Waals surface area contributed by atoms with Gasteiger partial charge in [-0.1, -0.05) is 30.3 Å². The van der Waals surface area contributed by atoms with Crippen molar-refractivity contribution in [3.05, 3.63) is 64.2 Å². The number of nitrogens with one attached hydrogen (secondary N) is 1. The molecule has 4 aromatic rings. The van der Waals surface area contributed by atoms with Crippen molar-refractivity contribution in [2.45, 2.75) is 0 Å². The minimum atomic E-state index is -0.457. The van der Waals surface area contributed by atoms with Gasteiger partial charge in [0.05, 0.1) is 22.2 Å². The zero-order chi connectivity index (χ0) is 18.1. The second-order valence-corrected chi connectivity index (χ2v) is 5.57. The summed E-state index contributed by atoms with van der Waals surface area (Å²) in [5.41, 5.74) is 5.40. The van der Waals surface area contributed by atoms with E-state index in [1.165, 1.54) is 12.3 Å². The molecule has 0 aliphatic rings. The lowest BCUT2D eigenvalue weighted by atomic mass is 10.2. The van der Waals surface area contributed by atoms with Crippen molar-refractivity contribution in [1.29, 1.82) is 0 Å². The van der Waals surface area contributed by atoms with E-state index in [0.29, 0.717) is 16.7 Å². The Hall–Kier alpha value is -3.88. The topological polar surface area (TPSA) is 111 Å². The highest BCUT2D eigenvalue weighted by Crippen LogP contribution is 2.24. The van der Waals surface area contributed by atoms with Crippen molar-refractivity contribution in [3.63, 3.8) is 0 Å². The monoisotopic (exact) mass is 347 g/mol. The first kappa shape index (κ1) is 15.6. The number of hydrazone groups is 1. The fraction of sp³-hybridized carbons (Fsp3) is 0.0588. The first-order valence-corrected chi connectivity index (χ1v) is 7.75. The molecule has 2 aromatic heterocycles. The van der Waals surface area contributed by atoms with Crippen LogP contribution in [0.1, 0.15) is 5.56 Å². The van der Waals surface area contributed by atoms with Gasteiger partial charge in [0.1, 0.15) is 5.52 Å². The minimum absolute atomic E-state index is 0.0266. The van der Waals surface area contributed by atoms with Crippen LogP contribution in [-0.4, -0.2) is 30.9 Å². The number of nitro groups is 1. The van der Waals surface area contributed by atoms with E-state index >= 15 is 0 Å². The third-order valence-corrected chi connectivity index (χ3v) is 4.01. The van der Waals surface area contributed by atoms with Crippen molar-refractivity contribution < 1.29 is 4.92 Å². The summed E-state index contributed by atoms with van der Waals surface area (Å²) < 4.78 is 1.93. The predicted octanol–water partition coefficient (Wildman–Crippen LogP) is 2.87. The number of anilines is 1. The van der Waals surface area contributed by atoms with E-state index in [0.717, 1.165) is 10.9 Å². The lowest BCUT2D eigenvalue weighted by molar-refractivity contribution is -0.385. The number of aromatic nitrogens is 4. The summed E-state index contributed by atoms with van der Waals surface area (Å²) in [6.07, 6.45) is 1.35. The molecule has 0 unspecified atom stereocenters. The van der Waals surface area contributed by atoms with Crippen LogP contribution in [0.15, 0.2) is 53.6 Å². The highest BCUT2D eigenvalue weighted by Gasteiger charge is 2.12. The largest absolute Gasteiger partial charge is 0.327 e. The normalized spacial score (nSPS) is 11.4. The molecule has 0 fully saturated rings. The fourth-order valence-corrected chi connectivity index (χ4v) is 2.78. The molecule has 0 bridgehead atoms. The first-order valence-electron chi connectivity index (χ1n) is 7.75. The van der Waals surface area contributed by atoms with Crippen LogP contribution in [0.3, 0.4) is 0 Å². The van der Waals surface area contributed by atoms with Crippen LogP contribution >= 0.6 is 0 Å². The smallest absolute Gasteiger partial charge is 0.278 e. The molecule has 2 heterocycles. The Kier molecular flexibility index (Phi) is 3.73. The van der Waals surface area contributed by atoms with E-state index in [9.17, 15) is 10.1 Å². The molecule has 128 valence electrons. The summed E-state index contributed by atoms with van der Waals surface area (Å²) in [7, 11) is 1.90. The Morgan fingerprint density at radius 2 is 1.92 bits per heavy atom. The standard InChI is InChI=1S/C17H13N7O2/c1-23-14-9-5-3-7-12(14)15-16(23)19-17(22-20-15)21-18-10-11-6-2-4-8-13(11)24(25)26/h2-10H,1H3,(H,19,21,22). The molecule has 26 heavy (non-hydrogen) atoms. The summed E-state index contributed by atoms with van der Waals surface area (Å²) in [5, 5.41) is 24.2. The van der Waals surface area contributed by atoms with E-state index in [1.54, 1.807) is 18.2 Å². The minimum Gasteiger partial charge on any atom is -0.327 e. The van der Waals surface area contributed by atoms with Crippen molar-refractivity contribution in [3.8, 4) is 0 Å². The molecule has 0 aliphatic carbocycles. The number of fused-ring (bicyclic) bond motifs is 3. The summed E-state index contributed by atoms with van der Waals surface area (Å²) in [5.74, 6) is 0.207. The molecule has 0 aliphatic heterocycles. The van der Waals surface area contributed by atoms with Gasteiger partial charge in [0.15, 0.2) is 5.65 Å². The summed E-state index contributed by atoms with van der Waals surface area (Å²) >= 11 is 0. The highest BCUT2D eigenvalue weighted by molar-refractivity contribution is 6.04. The van der Waals surface area contributed by atoms with Gasteiger partial charge in [-0.05, 0) is 12.1 Å². The first-order chi connectivity index (χ1) is 12.6. The van der Waals surface area contributed by atoms with E-state index < -0.39 is 4.92 Å². The number of rotatable bonds is 4. The van der Waals surface area contributed by atoms with Crippen LogP contribution in [-0.2, 0) is 7.05 Å². The van der Waals surface area contributed by atoms with Crippen LogP contribution in [0.2, 0.25) is 0 Å². The van der Waals surface area contributed by atoms with Gasteiger partial charge in [-0.25, -0.2) is 5.43 Å². The van der Waals surface area contributed by atoms with Crippen LogP contribution in [0.4, 0.5) is 11.6 Å². The number of aryl methyl sites for hydroxylation is 1. The SMILES string of the molecule is Cn1c2ccccc2c2nnc(NN=Cc3ccccc3[N+](=O)[O-])nc21. The van der Waals surface area contributed by atoms with Gasteiger partial charge in [0.2, 0.25) is 0 Å². The summed E-state index contributed by atoms with van der Waals surface area (Å²) in [6.45, 7) is 0. The maximum Gasteiger partial charge on any atom is 0.278 e. The van der Waals surface area contributed by atoms with Gasteiger partial charge in [-0.2, -0.15) is 10.1 Å². The second kappa shape index (κ2) is 6.20. The Bertz CT molecular complexity index is 1170. The molecule has 0 saturated carbocycles. The van der Waals surface area contributed by atoms with Crippen LogP contribution in [0, 0.1) is 10.1 Å². The maximum atomic E-state index is 11.0. The quantitative estimate of drug-likeness (QED) is 0.345. The van der Waals surface area contributed by atoms with Crippen molar-refractivity contribution >= 4 is 39.9 Å². The number of nitro benzene ring substituents is 1. The third-order valence-electron chi connectivity index (χ3n) is 4.01. The van der Waals surface area contributed by atoms with E-state index in [1.807, 2.05) is 35.9 Å². The van der Waals surface area contributed by atoms with E-state index in [2.05, 4.69) is 25.7 Å². The second-order valence-electron chi connectivity index (χ2n) is 5.57. The van der Waals surface area contributed by atoms with Gasteiger partial charge in [-0.15, -0.1) is 10.2 Å². The lowest BCUT2D eigenvalue weighted by Crippen LogP contribution is -2.01. The molecule has 4 rings (SSSR count). The zero-order valence-corrected chi connectivity index (χ0v) is 13.7.